The third-order valence-electron chi connectivity index (χ3n) is 2.19. The zero-order chi connectivity index (χ0) is 12.8. The van der Waals surface area contributed by atoms with Crippen LogP contribution in [-0.4, -0.2) is 31.7 Å². The largest absolute Gasteiger partial charge is 0.329 e. The molecule has 0 amide bonds. The van der Waals surface area contributed by atoms with Crippen molar-refractivity contribution in [3.8, 4) is 6.07 Å². The number of thioether (sulfide) groups is 1. The Balaban J connectivity index is 2.07. The number of hydrogen-bond donors (Lipinski definition) is 1. The lowest BCUT2D eigenvalue weighted by atomic mass is 10.2. The summed E-state index contributed by atoms with van der Waals surface area (Å²) in [5.74, 6) is 0.599. The van der Waals surface area contributed by atoms with E-state index in [0.717, 1.165) is 5.56 Å². The van der Waals surface area contributed by atoms with Crippen molar-refractivity contribution in [2.45, 2.75) is 17.5 Å². The smallest absolute Gasteiger partial charge is 0.209 e. The van der Waals surface area contributed by atoms with Gasteiger partial charge in [0.1, 0.15) is 11.8 Å². The number of nitrogens with two attached hydrogens (primary N) is 1. The van der Waals surface area contributed by atoms with E-state index in [1.807, 2.05) is 6.07 Å². The molecule has 2 aromatic rings. The molecule has 0 aromatic carbocycles. The van der Waals surface area contributed by atoms with Gasteiger partial charge in [-0.2, -0.15) is 5.26 Å². The van der Waals surface area contributed by atoms with Crippen LogP contribution < -0.4 is 5.73 Å². The molecule has 0 aliphatic heterocycles. The molecule has 0 bridgehead atoms. The van der Waals surface area contributed by atoms with Crippen LogP contribution in [0.3, 0.4) is 0 Å². The van der Waals surface area contributed by atoms with E-state index in [0.29, 0.717) is 29.7 Å². The molecule has 7 nitrogen and oxygen atoms in total. The number of nitrogens with zero attached hydrogens (tertiary/aromatic N) is 6. The standard InChI is InChI=1S/C10H11N7S/c11-3-5-17-10(14-15-16-17)18-7-8-2-1-4-13-9(8)6-12/h1-2,4H,3,5,7,11H2. The normalized spacial score (nSPS) is 10.2. The molecule has 0 fully saturated rings. The van der Waals surface area contributed by atoms with Gasteiger partial charge in [-0.3, -0.25) is 0 Å². The second-order valence-electron chi connectivity index (χ2n) is 3.38. The van der Waals surface area contributed by atoms with Gasteiger partial charge in [0.05, 0.1) is 6.54 Å². The maximum absolute atomic E-state index is 8.93. The number of hydrogen-bond acceptors (Lipinski definition) is 7. The SMILES string of the molecule is N#Cc1ncccc1CSc1nnnn1CCN. The van der Waals surface area contributed by atoms with Crippen molar-refractivity contribution in [3.63, 3.8) is 0 Å². The Kier molecular flexibility index (Phi) is 4.22. The Morgan fingerprint density at radius 1 is 1.50 bits per heavy atom. The molecule has 2 N–H and O–H groups in total. The van der Waals surface area contributed by atoms with Gasteiger partial charge in [0.25, 0.3) is 0 Å². The van der Waals surface area contributed by atoms with Crippen LogP contribution in [0, 0.1) is 11.3 Å². The van der Waals surface area contributed by atoms with Gasteiger partial charge in [-0.05, 0) is 22.1 Å². The van der Waals surface area contributed by atoms with Gasteiger partial charge in [-0.15, -0.1) is 5.10 Å². The molecular formula is C10H11N7S. The van der Waals surface area contributed by atoms with E-state index in [-0.39, 0.29) is 0 Å². The first-order chi connectivity index (χ1) is 8.85. The summed E-state index contributed by atoms with van der Waals surface area (Å²) < 4.78 is 1.65. The van der Waals surface area contributed by atoms with Gasteiger partial charge in [0.15, 0.2) is 0 Å². The molecule has 0 saturated heterocycles. The Labute approximate surface area is 108 Å². The number of aromatic nitrogens is 5. The zero-order valence-electron chi connectivity index (χ0n) is 9.52. The number of nitriles is 1. The summed E-state index contributed by atoms with van der Waals surface area (Å²) in [7, 11) is 0. The number of rotatable bonds is 5. The lowest BCUT2D eigenvalue weighted by molar-refractivity contribution is 0.557. The molecule has 0 aliphatic rings. The van der Waals surface area contributed by atoms with E-state index < -0.39 is 0 Å². The second kappa shape index (κ2) is 6.09. The number of pyridine rings is 1. The minimum atomic E-state index is 0.433. The van der Waals surface area contributed by atoms with Crippen LogP contribution in [0.4, 0.5) is 0 Å². The molecule has 0 spiro atoms. The highest BCUT2D eigenvalue weighted by molar-refractivity contribution is 7.98. The van der Waals surface area contributed by atoms with Gasteiger partial charge < -0.3 is 5.73 Å². The quantitative estimate of drug-likeness (QED) is 0.765. The van der Waals surface area contributed by atoms with Crippen LogP contribution in [-0.2, 0) is 12.3 Å². The van der Waals surface area contributed by atoms with E-state index in [4.69, 9.17) is 11.0 Å². The summed E-state index contributed by atoms with van der Waals surface area (Å²) in [4.78, 5) is 4.00. The van der Waals surface area contributed by atoms with Crippen molar-refractivity contribution >= 4 is 11.8 Å². The summed E-state index contributed by atoms with van der Waals surface area (Å²) in [6.07, 6.45) is 1.60. The molecule has 0 atom stereocenters. The first-order valence-corrected chi connectivity index (χ1v) is 6.26. The molecule has 18 heavy (non-hydrogen) atoms. The van der Waals surface area contributed by atoms with Crippen LogP contribution in [0.15, 0.2) is 23.5 Å². The number of tetrazole rings is 1. The molecule has 0 aliphatic carbocycles. The van der Waals surface area contributed by atoms with Crippen molar-refractivity contribution in [1.29, 1.82) is 5.26 Å². The fourth-order valence-corrected chi connectivity index (χ4v) is 2.25. The van der Waals surface area contributed by atoms with Crippen LogP contribution in [0.5, 0.6) is 0 Å². The molecule has 0 radical (unpaired) electrons. The summed E-state index contributed by atoms with van der Waals surface area (Å²) in [6.45, 7) is 1.06. The zero-order valence-corrected chi connectivity index (χ0v) is 10.3. The maximum atomic E-state index is 8.93. The van der Waals surface area contributed by atoms with Crippen molar-refractivity contribution in [3.05, 3.63) is 29.6 Å². The van der Waals surface area contributed by atoms with Gasteiger partial charge in [0.2, 0.25) is 5.16 Å². The summed E-state index contributed by atoms with van der Waals surface area (Å²) in [6, 6.07) is 5.74. The predicted octanol–water partition coefficient (Wildman–Crippen LogP) is 0.191. The van der Waals surface area contributed by atoms with Gasteiger partial charge >= 0.3 is 0 Å². The molecule has 8 heteroatoms. The van der Waals surface area contributed by atoms with Crippen molar-refractivity contribution in [1.82, 2.24) is 25.2 Å². The highest BCUT2D eigenvalue weighted by Gasteiger charge is 2.08. The molecule has 0 unspecified atom stereocenters. The van der Waals surface area contributed by atoms with Crippen LogP contribution in [0.25, 0.3) is 0 Å². The maximum Gasteiger partial charge on any atom is 0.209 e. The first-order valence-electron chi connectivity index (χ1n) is 5.28. The minimum Gasteiger partial charge on any atom is -0.329 e. The van der Waals surface area contributed by atoms with Gasteiger partial charge in [-0.25, -0.2) is 9.67 Å². The van der Waals surface area contributed by atoms with E-state index >= 15 is 0 Å². The lowest BCUT2D eigenvalue weighted by Crippen LogP contribution is -2.12. The van der Waals surface area contributed by atoms with E-state index in [2.05, 4.69) is 26.6 Å². The molecule has 2 rings (SSSR count). The average molecular weight is 261 g/mol. The van der Waals surface area contributed by atoms with E-state index in [1.165, 1.54) is 11.8 Å². The van der Waals surface area contributed by atoms with Crippen molar-refractivity contribution < 1.29 is 0 Å². The Hall–Kier alpha value is -1.98. The predicted molar refractivity (Wildman–Crippen MR) is 65.4 cm³/mol. The van der Waals surface area contributed by atoms with Crippen LogP contribution in [0.1, 0.15) is 11.3 Å². The van der Waals surface area contributed by atoms with E-state index in [9.17, 15) is 0 Å². The summed E-state index contributed by atoms with van der Waals surface area (Å²) in [5, 5.41) is 21.0. The first kappa shape index (κ1) is 12.5. The van der Waals surface area contributed by atoms with E-state index in [1.54, 1.807) is 16.9 Å². The topological polar surface area (TPSA) is 106 Å². The van der Waals surface area contributed by atoms with Crippen LogP contribution >= 0.6 is 11.8 Å². The van der Waals surface area contributed by atoms with Gasteiger partial charge in [-0.1, -0.05) is 17.8 Å². The Morgan fingerprint density at radius 3 is 3.17 bits per heavy atom. The summed E-state index contributed by atoms with van der Waals surface area (Å²) >= 11 is 1.46. The highest BCUT2D eigenvalue weighted by Crippen LogP contribution is 2.20. The lowest BCUT2D eigenvalue weighted by Gasteiger charge is -2.03. The Morgan fingerprint density at radius 2 is 2.39 bits per heavy atom. The molecular weight excluding hydrogens is 250 g/mol. The fraction of sp³-hybridized carbons (Fsp3) is 0.300. The van der Waals surface area contributed by atoms with Crippen molar-refractivity contribution in [2.75, 3.05) is 6.54 Å². The third kappa shape index (κ3) is 2.82. The van der Waals surface area contributed by atoms with Crippen molar-refractivity contribution in [2.24, 2.45) is 5.73 Å². The molecule has 92 valence electrons. The van der Waals surface area contributed by atoms with Crippen LogP contribution in [0.2, 0.25) is 0 Å². The molecule has 2 aromatic heterocycles. The highest BCUT2D eigenvalue weighted by atomic mass is 32.2. The minimum absolute atomic E-state index is 0.433. The van der Waals surface area contributed by atoms with Gasteiger partial charge in [0, 0.05) is 18.5 Å². The second-order valence-corrected chi connectivity index (χ2v) is 4.33. The molecule has 0 saturated carbocycles. The third-order valence-corrected chi connectivity index (χ3v) is 3.20. The molecule has 2 heterocycles. The fourth-order valence-electron chi connectivity index (χ4n) is 1.36. The Bertz CT molecular complexity index is 559. The summed E-state index contributed by atoms with van der Waals surface area (Å²) in [5.41, 5.74) is 6.76. The monoisotopic (exact) mass is 261 g/mol. The average Bonchev–Trinajstić information content (AvgIpc) is 2.84.